The van der Waals surface area contributed by atoms with Crippen molar-refractivity contribution in [2.45, 2.75) is 6.92 Å². The van der Waals surface area contributed by atoms with E-state index in [4.69, 9.17) is 20.9 Å². The van der Waals surface area contributed by atoms with E-state index in [1.807, 2.05) is 13.0 Å². The van der Waals surface area contributed by atoms with E-state index in [1.54, 1.807) is 17.7 Å². The molecule has 24 heavy (non-hydrogen) atoms. The lowest BCUT2D eigenvalue weighted by atomic mass is 10.2. The zero-order valence-electron chi connectivity index (χ0n) is 12.8. The van der Waals surface area contributed by atoms with E-state index in [2.05, 4.69) is 38.1 Å². The van der Waals surface area contributed by atoms with Crippen LogP contribution in [0.25, 0.3) is 0 Å². The summed E-state index contributed by atoms with van der Waals surface area (Å²) in [4.78, 5) is 15.0. The molecule has 128 valence electrons. The van der Waals surface area contributed by atoms with Crippen LogP contribution in [-0.4, -0.2) is 30.3 Å². The van der Waals surface area contributed by atoms with Gasteiger partial charge in [0.1, 0.15) is 5.82 Å². The highest BCUT2D eigenvalue weighted by Crippen LogP contribution is 2.33. The number of thiazole rings is 1. The van der Waals surface area contributed by atoms with Crippen LogP contribution in [0, 0.1) is 3.57 Å². The number of carbonyl (C=O) groups excluding carboxylic acids is 1. The van der Waals surface area contributed by atoms with Crippen LogP contribution < -0.4 is 26.4 Å². The molecule has 10 heteroatoms. The highest BCUT2D eigenvalue weighted by atomic mass is 127. The number of hydrogen-bond donors (Lipinski definition) is 3. The Kier molecular flexibility index (Phi) is 6.61. The molecule has 8 nitrogen and oxygen atoms in total. The van der Waals surface area contributed by atoms with Gasteiger partial charge in [0, 0.05) is 5.38 Å². The van der Waals surface area contributed by atoms with Crippen LogP contribution in [0.4, 0.5) is 10.9 Å². The number of hydrogen-bond acceptors (Lipinski definition) is 8. The number of nitrogens with one attached hydrogen (secondary N) is 1. The lowest BCUT2D eigenvalue weighted by Crippen LogP contribution is -2.20. The number of hydrazone groups is 1. The number of rotatable bonds is 8. The van der Waals surface area contributed by atoms with Crippen LogP contribution >= 0.6 is 33.9 Å². The molecule has 2 aromatic rings. The molecule has 0 aliphatic heterocycles. The predicted molar refractivity (Wildman–Crippen MR) is 103 cm³/mol. The minimum Gasteiger partial charge on any atom is -0.490 e. The molecular weight excluding hydrogens is 445 g/mol. The molecule has 0 unspecified atom stereocenters. The first kappa shape index (κ1) is 18.3. The molecule has 1 aromatic carbocycles. The van der Waals surface area contributed by atoms with Gasteiger partial charge in [-0.3, -0.25) is 10.2 Å². The van der Waals surface area contributed by atoms with E-state index in [0.717, 1.165) is 9.13 Å². The second-order valence-corrected chi connectivity index (χ2v) is 6.49. The van der Waals surface area contributed by atoms with Crippen LogP contribution in [0.5, 0.6) is 11.5 Å². The summed E-state index contributed by atoms with van der Waals surface area (Å²) >= 11 is 3.46. The molecule has 0 bridgehead atoms. The Hall–Kier alpha value is -2.08. The van der Waals surface area contributed by atoms with Crippen LogP contribution in [0.3, 0.4) is 0 Å². The number of nitrogen functional groups attached to an aromatic ring is 1. The fourth-order valence-electron chi connectivity index (χ4n) is 1.71. The third-order valence-corrected chi connectivity index (χ3v) is 4.15. The minimum absolute atomic E-state index is 0.212. The van der Waals surface area contributed by atoms with E-state index in [-0.39, 0.29) is 6.61 Å². The SMILES string of the molecule is CCOc1cc(C=NNc2nc(N)cs2)cc(I)c1OCC(N)=O. The fourth-order valence-corrected chi connectivity index (χ4v) is 3.04. The number of primary amides is 1. The maximum absolute atomic E-state index is 10.9. The van der Waals surface area contributed by atoms with Gasteiger partial charge in [0.25, 0.3) is 5.91 Å². The summed E-state index contributed by atoms with van der Waals surface area (Å²) in [5.74, 6) is 0.896. The topological polar surface area (TPSA) is 125 Å². The molecule has 0 aliphatic rings. The second-order valence-electron chi connectivity index (χ2n) is 4.47. The Morgan fingerprint density at radius 2 is 2.29 bits per heavy atom. The molecular formula is C14H16IN5O3S. The van der Waals surface area contributed by atoms with Crippen molar-refractivity contribution < 1.29 is 14.3 Å². The van der Waals surface area contributed by atoms with Gasteiger partial charge in [-0.15, -0.1) is 11.3 Å². The molecule has 5 N–H and O–H groups in total. The predicted octanol–water partition coefficient (Wildman–Crippen LogP) is 2.04. The summed E-state index contributed by atoms with van der Waals surface area (Å²) in [6, 6.07) is 3.62. The summed E-state index contributed by atoms with van der Waals surface area (Å²) in [5.41, 5.74) is 14.3. The standard InChI is InChI=1S/C14H16IN5O3S/c1-2-22-10-4-8(3-9(15)13(10)23-6-12(17)21)5-18-20-14-19-11(16)7-24-14/h3-5,7H,2,6,16H2,1H3,(H2,17,21)(H,19,20). The summed E-state index contributed by atoms with van der Waals surface area (Å²) in [6.07, 6.45) is 1.63. The number of nitrogens with two attached hydrogens (primary N) is 2. The average molecular weight is 461 g/mol. The normalized spacial score (nSPS) is 10.8. The first-order valence-electron chi connectivity index (χ1n) is 6.87. The third kappa shape index (κ3) is 5.23. The van der Waals surface area contributed by atoms with Gasteiger partial charge in [0.05, 0.1) is 16.4 Å². The molecule has 0 radical (unpaired) electrons. The van der Waals surface area contributed by atoms with E-state index >= 15 is 0 Å². The van der Waals surface area contributed by atoms with Gasteiger partial charge in [-0.05, 0) is 47.2 Å². The maximum atomic E-state index is 10.9. The molecule has 0 saturated carbocycles. The van der Waals surface area contributed by atoms with Gasteiger partial charge in [-0.1, -0.05) is 0 Å². The summed E-state index contributed by atoms with van der Waals surface area (Å²) in [7, 11) is 0. The van der Waals surface area contributed by atoms with Crippen molar-refractivity contribution in [2.75, 3.05) is 24.4 Å². The molecule has 0 spiro atoms. The number of ether oxygens (including phenoxy) is 2. The van der Waals surface area contributed by atoms with Crippen molar-refractivity contribution in [1.29, 1.82) is 0 Å². The van der Waals surface area contributed by atoms with E-state index in [0.29, 0.717) is 29.1 Å². The minimum atomic E-state index is -0.550. The first-order valence-corrected chi connectivity index (χ1v) is 8.83. The van der Waals surface area contributed by atoms with Crippen LogP contribution in [0.2, 0.25) is 0 Å². The quantitative estimate of drug-likeness (QED) is 0.314. The smallest absolute Gasteiger partial charge is 0.255 e. The van der Waals surface area contributed by atoms with Crippen LogP contribution in [0.1, 0.15) is 12.5 Å². The Balaban J connectivity index is 2.16. The number of nitrogens with zero attached hydrogens (tertiary/aromatic N) is 2. The Morgan fingerprint density at radius 3 is 2.92 bits per heavy atom. The zero-order chi connectivity index (χ0) is 17.5. The van der Waals surface area contributed by atoms with Gasteiger partial charge < -0.3 is 20.9 Å². The number of benzene rings is 1. The molecule has 1 heterocycles. The van der Waals surface area contributed by atoms with Crippen LogP contribution in [-0.2, 0) is 4.79 Å². The van der Waals surface area contributed by atoms with Crippen molar-refractivity contribution in [3.05, 3.63) is 26.6 Å². The van der Waals surface area contributed by atoms with Crippen molar-refractivity contribution in [2.24, 2.45) is 10.8 Å². The van der Waals surface area contributed by atoms with Gasteiger partial charge in [-0.25, -0.2) is 4.98 Å². The Morgan fingerprint density at radius 1 is 1.50 bits per heavy atom. The summed E-state index contributed by atoms with van der Waals surface area (Å²) < 4.78 is 11.8. The number of aromatic nitrogens is 1. The number of anilines is 2. The monoisotopic (exact) mass is 461 g/mol. The number of carbonyl (C=O) groups is 1. The van der Waals surface area contributed by atoms with Gasteiger partial charge >= 0.3 is 0 Å². The second kappa shape index (κ2) is 8.68. The zero-order valence-corrected chi connectivity index (χ0v) is 15.8. The van der Waals surface area contributed by atoms with E-state index < -0.39 is 5.91 Å². The van der Waals surface area contributed by atoms with Gasteiger partial charge in [0.2, 0.25) is 5.13 Å². The Bertz CT molecular complexity index is 750. The molecule has 1 aromatic heterocycles. The van der Waals surface area contributed by atoms with Gasteiger partial charge in [-0.2, -0.15) is 5.10 Å². The molecule has 1 amide bonds. The number of amides is 1. The molecule has 0 fully saturated rings. The maximum Gasteiger partial charge on any atom is 0.255 e. The van der Waals surface area contributed by atoms with Crippen molar-refractivity contribution >= 4 is 57.0 Å². The molecule has 0 aliphatic carbocycles. The molecule has 2 rings (SSSR count). The fraction of sp³-hybridized carbons (Fsp3) is 0.214. The first-order chi connectivity index (χ1) is 11.5. The number of halogens is 1. The van der Waals surface area contributed by atoms with Gasteiger partial charge in [0.15, 0.2) is 18.1 Å². The average Bonchev–Trinajstić information content (AvgIpc) is 2.92. The lowest BCUT2D eigenvalue weighted by Gasteiger charge is -2.13. The largest absolute Gasteiger partial charge is 0.490 e. The van der Waals surface area contributed by atoms with E-state index in [1.165, 1.54) is 11.3 Å². The Labute approximate surface area is 156 Å². The van der Waals surface area contributed by atoms with Crippen molar-refractivity contribution in [3.63, 3.8) is 0 Å². The van der Waals surface area contributed by atoms with E-state index in [9.17, 15) is 4.79 Å². The summed E-state index contributed by atoms with van der Waals surface area (Å²) in [5, 5.41) is 6.44. The van der Waals surface area contributed by atoms with Crippen molar-refractivity contribution in [3.8, 4) is 11.5 Å². The highest BCUT2D eigenvalue weighted by molar-refractivity contribution is 14.1. The molecule has 0 saturated heterocycles. The highest BCUT2D eigenvalue weighted by Gasteiger charge is 2.12. The lowest BCUT2D eigenvalue weighted by molar-refractivity contribution is -0.119. The van der Waals surface area contributed by atoms with Crippen LogP contribution in [0.15, 0.2) is 22.6 Å². The third-order valence-electron chi connectivity index (χ3n) is 2.59. The summed E-state index contributed by atoms with van der Waals surface area (Å²) in [6.45, 7) is 2.11. The molecule has 0 atom stereocenters. The van der Waals surface area contributed by atoms with Crippen molar-refractivity contribution in [1.82, 2.24) is 4.98 Å².